The van der Waals surface area contributed by atoms with Crippen LogP contribution in [0.3, 0.4) is 0 Å². The number of benzene rings is 1. The van der Waals surface area contributed by atoms with E-state index in [0.717, 1.165) is 25.1 Å². The average molecular weight is 233 g/mol. The molecule has 0 bridgehead atoms. The van der Waals surface area contributed by atoms with Gasteiger partial charge < -0.3 is 5.32 Å². The molecule has 0 unspecified atom stereocenters. The lowest BCUT2D eigenvalue weighted by molar-refractivity contribution is 0.916. The van der Waals surface area contributed by atoms with Gasteiger partial charge in [-0.05, 0) is 29.6 Å². The van der Waals surface area contributed by atoms with Crippen molar-refractivity contribution in [1.29, 1.82) is 0 Å². The number of nitrogens with zero attached hydrogens (tertiary/aromatic N) is 2. The number of aromatic nitrogens is 2. The minimum absolute atomic E-state index is 0.747. The number of aryl methyl sites for hydroxylation is 1. The second kappa shape index (κ2) is 5.61. The van der Waals surface area contributed by atoms with Crippen LogP contribution in [0.4, 0.5) is 5.69 Å². The van der Waals surface area contributed by atoms with Gasteiger partial charge in [-0.1, -0.05) is 36.0 Å². The van der Waals surface area contributed by atoms with Crippen LogP contribution in [-0.2, 0) is 13.0 Å². The fraction of sp³-hybridized carbons (Fsp3) is 0.333. The van der Waals surface area contributed by atoms with Gasteiger partial charge in [0.05, 0.1) is 12.2 Å². The lowest BCUT2D eigenvalue weighted by Gasteiger charge is -2.09. The number of hydrogen-bond acceptors (Lipinski definition) is 4. The van der Waals surface area contributed by atoms with Crippen LogP contribution in [0, 0.1) is 0 Å². The van der Waals surface area contributed by atoms with Gasteiger partial charge >= 0.3 is 0 Å². The fourth-order valence-corrected chi connectivity index (χ4v) is 2.08. The highest BCUT2D eigenvalue weighted by molar-refractivity contribution is 7.03. The van der Waals surface area contributed by atoms with E-state index in [1.54, 1.807) is 0 Å². The SMILES string of the molecule is CCCc1ccccc1NCc1csnn1. The molecule has 0 saturated carbocycles. The predicted octanol–water partition coefficient (Wildman–Crippen LogP) is 3.10. The van der Waals surface area contributed by atoms with Crippen molar-refractivity contribution in [3.63, 3.8) is 0 Å². The van der Waals surface area contributed by atoms with Gasteiger partial charge in [0.15, 0.2) is 0 Å². The Balaban J connectivity index is 2.03. The Labute approximate surface area is 99.7 Å². The first kappa shape index (κ1) is 11.1. The topological polar surface area (TPSA) is 37.8 Å². The monoisotopic (exact) mass is 233 g/mol. The molecule has 0 fully saturated rings. The second-order valence-corrected chi connectivity index (χ2v) is 4.27. The van der Waals surface area contributed by atoms with E-state index in [4.69, 9.17) is 0 Å². The Morgan fingerprint density at radius 1 is 1.31 bits per heavy atom. The van der Waals surface area contributed by atoms with Crippen molar-refractivity contribution in [1.82, 2.24) is 9.59 Å². The molecule has 0 aliphatic heterocycles. The van der Waals surface area contributed by atoms with Gasteiger partial charge in [-0.3, -0.25) is 0 Å². The molecule has 1 N–H and O–H groups in total. The first-order chi connectivity index (χ1) is 7.90. The summed E-state index contributed by atoms with van der Waals surface area (Å²) in [4.78, 5) is 0. The van der Waals surface area contributed by atoms with Crippen molar-refractivity contribution in [2.45, 2.75) is 26.3 Å². The zero-order chi connectivity index (χ0) is 11.2. The molecular weight excluding hydrogens is 218 g/mol. The van der Waals surface area contributed by atoms with Crippen molar-refractivity contribution < 1.29 is 0 Å². The lowest BCUT2D eigenvalue weighted by Crippen LogP contribution is -2.02. The third kappa shape index (κ3) is 2.79. The summed E-state index contributed by atoms with van der Waals surface area (Å²) in [5.41, 5.74) is 3.57. The highest BCUT2D eigenvalue weighted by Gasteiger charge is 2.01. The van der Waals surface area contributed by atoms with E-state index in [2.05, 4.69) is 46.1 Å². The standard InChI is InChI=1S/C12H15N3S/c1-2-5-10-6-3-4-7-12(10)13-8-11-9-16-15-14-11/h3-4,6-7,9,13H,2,5,8H2,1H3. The molecule has 1 aromatic heterocycles. The van der Waals surface area contributed by atoms with Crippen molar-refractivity contribution in [2.75, 3.05) is 5.32 Å². The Hall–Kier alpha value is -1.42. The minimum atomic E-state index is 0.747. The number of rotatable bonds is 5. The molecule has 84 valence electrons. The molecule has 0 amide bonds. The molecule has 1 aromatic carbocycles. The summed E-state index contributed by atoms with van der Waals surface area (Å²) in [5.74, 6) is 0. The van der Waals surface area contributed by atoms with Gasteiger partial charge in [0.2, 0.25) is 0 Å². The summed E-state index contributed by atoms with van der Waals surface area (Å²) in [6.07, 6.45) is 2.27. The first-order valence-corrected chi connectivity index (χ1v) is 6.31. The van der Waals surface area contributed by atoms with Crippen LogP contribution >= 0.6 is 11.5 Å². The molecule has 2 aromatic rings. The summed E-state index contributed by atoms with van der Waals surface area (Å²) in [6.45, 7) is 2.94. The third-order valence-corrected chi connectivity index (χ3v) is 2.96. The molecule has 16 heavy (non-hydrogen) atoms. The summed E-state index contributed by atoms with van der Waals surface area (Å²) in [5, 5.41) is 9.39. The Morgan fingerprint density at radius 2 is 2.19 bits per heavy atom. The van der Waals surface area contributed by atoms with E-state index in [1.807, 2.05) is 5.38 Å². The van der Waals surface area contributed by atoms with Crippen molar-refractivity contribution in [3.05, 3.63) is 40.9 Å². The van der Waals surface area contributed by atoms with Crippen LogP contribution in [-0.4, -0.2) is 9.59 Å². The minimum Gasteiger partial charge on any atom is -0.379 e. The molecule has 0 saturated heterocycles. The van der Waals surface area contributed by atoms with Crippen LogP contribution in [0.25, 0.3) is 0 Å². The van der Waals surface area contributed by atoms with E-state index in [9.17, 15) is 0 Å². The van der Waals surface area contributed by atoms with E-state index >= 15 is 0 Å². The highest BCUT2D eigenvalue weighted by atomic mass is 32.1. The zero-order valence-corrected chi connectivity index (χ0v) is 10.1. The maximum absolute atomic E-state index is 4.01. The fourth-order valence-electron chi connectivity index (χ4n) is 1.63. The predicted molar refractivity (Wildman–Crippen MR) is 67.7 cm³/mol. The highest BCUT2D eigenvalue weighted by Crippen LogP contribution is 2.17. The van der Waals surface area contributed by atoms with Gasteiger partial charge in [-0.25, -0.2) is 0 Å². The number of anilines is 1. The van der Waals surface area contributed by atoms with Gasteiger partial charge in [-0.15, -0.1) is 5.10 Å². The molecule has 3 nitrogen and oxygen atoms in total. The second-order valence-electron chi connectivity index (χ2n) is 3.66. The Morgan fingerprint density at radius 3 is 2.94 bits per heavy atom. The maximum atomic E-state index is 4.01. The van der Waals surface area contributed by atoms with E-state index in [-0.39, 0.29) is 0 Å². The number of para-hydroxylation sites is 1. The van der Waals surface area contributed by atoms with Gasteiger partial charge in [-0.2, -0.15) is 0 Å². The Kier molecular flexibility index (Phi) is 3.88. The van der Waals surface area contributed by atoms with E-state index in [0.29, 0.717) is 0 Å². The molecule has 0 aliphatic rings. The van der Waals surface area contributed by atoms with Crippen LogP contribution in [0.2, 0.25) is 0 Å². The van der Waals surface area contributed by atoms with Crippen molar-refractivity contribution in [3.8, 4) is 0 Å². The molecule has 1 heterocycles. The van der Waals surface area contributed by atoms with Crippen molar-refractivity contribution >= 4 is 17.2 Å². The summed E-state index contributed by atoms with van der Waals surface area (Å²) < 4.78 is 3.84. The third-order valence-electron chi connectivity index (χ3n) is 2.40. The normalized spacial score (nSPS) is 10.3. The Bertz CT molecular complexity index is 426. The molecule has 0 spiro atoms. The molecule has 0 atom stereocenters. The lowest BCUT2D eigenvalue weighted by atomic mass is 10.1. The smallest absolute Gasteiger partial charge is 0.0946 e. The van der Waals surface area contributed by atoms with Gasteiger partial charge in [0.1, 0.15) is 0 Å². The van der Waals surface area contributed by atoms with Gasteiger partial charge in [0.25, 0.3) is 0 Å². The largest absolute Gasteiger partial charge is 0.379 e. The van der Waals surface area contributed by atoms with E-state index < -0.39 is 0 Å². The summed E-state index contributed by atoms with van der Waals surface area (Å²) in [7, 11) is 0. The van der Waals surface area contributed by atoms with Crippen LogP contribution < -0.4 is 5.32 Å². The summed E-state index contributed by atoms with van der Waals surface area (Å²) in [6, 6.07) is 8.43. The molecule has 0 aliphatic carbocycles. The maximum Gasteiger partial charge on any atom is 0.0946 e. The molecule has 0 radical (unpaired) electrons. The zero-order valence-electron chi connectivity index (χ0n) is 9.31. The first-order valence-electron chi connectivity index (χ1n) is 5.48. The van der Waals surface area contributed by atoms with Crippen LogP contribution in [0.15, 0.2) is 29.6 Å². The van der Waals surface area contributed by atoms with E-state index in [1.165, 1.54) is 22.8 Å². The van der Waals surface area contributed by atoms with Crippen molar-refractivity contribution in [2.24, 2.45) is 0 Å². The number of nitrogens with one attached hydrogen (secondary N) is 1. The summed E-state index contributed by atoms with van der Waals surface area (Å²) >= 11 is 1.39. The average Bonchev–Trinajstić information content (AvgIpc) is 2.81. The van der Waals surface area contributed by atoms with Crippen LogP contribution in [0.5, 0.6) is 0 Å². The quantitative estimate of drug-likeness (QED) is 0.862. The van der Waals surface area contributed by atoms with Gasteiger partial charge in [0, 0.05) is 11.1 Å². The molecular formula is C12H15N3S. The molecule has 4 heteroatoms. The molecule has 2 rings (SSSR count). The van der Waals surface area contributed by atoms with Crippen LogP contribution in [0.1, 0.15) is 24.6 Å². The number of hydrogen-bond donors (Lipinski definition) is 1.